The summed E-state index contributed by atoms with van der Waals surface area (Å²) in [6.45, 7) is 3.65. The first-order valence-electron chi connectivity index (χ1n) is 8.18. The molecule has 0 spiro atoms. The van der Waals surface area contributed by atoms with Gasteiger partial charge in [0.1, 0.15) is 0 Å². The monoisotopic (exact) mass is 323 g/mol. The largest absolute Gasteiger partial charge is 0.390 e. The molecule has 0 aliphatic rings. The highest BCUT2D eigenvalue weighted by atomic mass is 35.5. The number of aromatic nitrogens is 2. The third-order valence-electron chi connectivity index (χ3n) is 3.84. The molecule has 0 saturated carbocycles. The van der Waals surface area contributed by atoms with Crippen LogP contribution in [0.25, 0.3) is 10.9 Å². The molecular formula is C17H26ClN3O. The van der Waals surface area contributed by atoms with Gasteiger partial charge in [0.05, 0.1) is 23.7 Å². The summed E-state index contributed by atoms with van der Waals surface area (Å²) in [6, 6.07) is 6.16. The van der Waals surface area contributed by atoms with E-state index in [1.54, 1.807) is 0 Å². The average molecular weight is 324 g/mol. The summed E-state index contributed by atoms with van der Waals surface area (Å²) < 4.78 is 2.07. The quantitative estimate of drug-likeness (QED) is 0.513. The van der Waals surface area contributed by atoms with Crippen molar-refractivity contribution in [1.29, 1.82) is 0 Å². The van der Waals surface area contributed by atoms with Crippen molar-refractivity contribution in [2.24, 2.45) is 0 Å². The number of aryl methyl sites for hydroxylation is 1. The van der Waals surface area contributed by atoms with Gasteiger partial charge in [0.25, 0.3) is 0 Å². The second kappa shape index (κ2) is 9.01. The summed E-state index contributed by atoms with van der Waals surface area (Å²) >= 11 is 5.61. The third kappa shape index (κ3) is 4.89. The van der Waals surface area contributed by atoms with Gasteiger partial charge in [0, 0.05) is 24.2 Å². The standard InChI is InChI=1S/C17H26ClN3O/c1-2-3-4-5-6-9-21-17-10-15(19-13-16(22)11-18)8-7-14(17)12-20-21/h7-8,10,12,16,19,22H,2-6,9,11,13H2,1H3. The van der Waals surface area contributed by atoms with Crippen LogP contribution in [0.1, 0.15) is 39.0 Å². The molecule has 0 bridgehead atoms. The van der Waals surface area contributed by atoms with Gasteiger partial charge in [-0.3, -0.25) is 4.68 Å². The van der Waals surface area contributed by atoms with E-state index >= 15 is 0 Å². The zero-order chi connectivity index (χ0) is 15.8. The molecule has 2 rings (SSSR count). The van der Waals surface area contributed by atoms with Gasteiger partial charge < -0.3 is 10.4 Å². The number of alkyl halides is 1. The Labute approximate surface area is 137 Å². The SMILES string of the molecule is CCCCCCCn1ncc2ccc(NCC(O)CCl)cc21. The van der Waals surface area contributed by atoms with Crippen molar-refractivity contribution in [3.63, 3.8) is 0 Å². The van der Waals surface area contributed by atoms with Crippen LogP contribution in [-0.4, -0.2) is 33.4 Å². The number of hydrogen-bond donors (Lipinski definition) is 2. The van der Waals surface area contributed by atoms with Gasteiger partial charge in [-0.25, -0.2) is 0 Å². The number of halogens is 1. The fourth-order valence-electron chi connectivity index (χ4n) is 2.51. The van der Waals surface area contributed by atoms with Gasteiger partial charge in [-0.1, -0.05) is 32.6 Å². The molecule has 2 N–H and O–H groups in total. The zero-order valence-corrected chi connectivity index (χ0v) is 14.0. The van der Waals surface area contributed by atoms with E-state index in [-0.39, 0.29) is 5.88 Å². The molecule has 22 heavy (non-hydrogen) atoms. The highest BCUT2D eigenvalue weighted by molar-refractivity contribution is 6.18. The lowest BCUT2D eigenvalue weighted by Crippen LogP contribution is -2.20. The molecule has 0 saturated heterocycles. The summed E-state index contributed by atoms with van der Waals surface area (Å²) in [7, 11) is 0. The van der Waals surface area contributed by atoms with Crippen molar-refractivity contribution in [3.05, 3.63) is 24.4 Å². The van der Waals surface area contributed by atoms with Crippen molar-refractivity contribution in [2.45, 2.75) is 51.7 Å². The Morgan fingerprint density at radius 2 is 2.09 bits per heavy atom. The number of nitrogens with zero attached hydrogens (tertiary/aromatic N) is 2. The number of aliphatic hydroxyl groups is 1. The molecular weight excluding hydrogens is 298 g/mol. The van der Waals surface area contributed by atoms with Crippen LogP contribution in [0.15, 0.2) is 24.4 Å². The summed E-state index contributed by atoms with van der Waals surface area (Å²) in [6.07, 6.45) is 7.71. The van der Waals surface area contributed by atoms with Crippen LogP contribution in [0, 0.1) is 0 Å². The molecule has 0 fully saturated rings. The predicted octanol–water partition coefficient (Wildman–Crippen LogP) is 4.02. The van der Waals surface area contributed by atoms with Crippen LogP contribution in [0.2, 0.25) is 0 Å². The number of unbranched alkanes of at least 4 members (excludes halogenated alkanes) is 4. The number of rotatable bonds is 10. The van der Waals surface area contributed by atoms with E-state index < -0.39 is 6.10 Å². The summed E-state index contributed by atoms with van der Waals surface area (Å²) in [4.78, 5) is 0. The minimum atomic E-state index is -0.527. The number of hydrogen-bond acceptors (Lipinski definition) is 3. The summed E-state index contributed by atoms with van der Waals surface area (Å²) in [5, 5.41) is 18.4. The molecule has 1 atom stereocenters. The molecule has 1 heterocycles. The minimum absolute atomic E-state index is 0.241. The van der Waals surface area contributed by atoms with Crippen LogP contribution in [0.3, 0.4) is 0 Å². The van der Waals surface area contributed by atoms with Crippen LogP contribution in [0.4, 0.5) is 5.69 Å². The Morgan fingerprint density at radius 3 is 2.86 bits per heavy atom. The normalized spacial score (nSPS) is 12.7. The van der Waals surface area contributed by atoms with E-state index in [9.17, 15) is 5.11 Å². The van der Waals surface area contributed by atoms with E-state index in [2.05, 4.69) is 34.2 Å². The van der Waals surface area contributed by atoms with Crippen LogP contribution in [0.5, 0.6) is 0 Å². The van der Waals surface area contributed by atoms with Crippen LogP contribution < -0.4 is 5.32 Å². The number of benzene rings is 1. The number of fused-ring (bicyclic) bond motifs is 1. The van der Waals surface area contributed by atoms with Crippen LogP contribution in [-0.2, 0) is 6.54 Å². The molecule has 0 aliphatic carbocycles. The molecule has 0 aliphatic heterocycles. The van der Waals surface area contributed by atoms with Gasteiger partial charge in [-0.2, -0.15) is 5.10 Å². The Kier molecular flexibility index (Phi) is 7.00. The molecule has 4 nitrogen and oxygen atoms in total. The first-order valence-corrected chi connectivity index (χ1v) is 8.71. The van der Waals surface area contributed by atoms with Gasteiger partial charge in [0.15, 0.2) is 0 Å². The maximum atomic E-state index is 9.52. The van der Waals surface area contributed by atoms with E-state index in [1.807, 2.05) is 12.3 Å². The lowest BCUT2D eigenvalue weighted by Gasteiger charge is -2.10. The van der Waals surface area contributed by atoms with Gasteiger partial charge >= 0.3 is 0 Å². The summed E-state index contributed by atoms with van der Waals surface area (Å²) in [5.41, 5.74) is 2.13. The molecule has 1 unspecified atom stereocenters. The van der Waals surface area contributed by atoms with E-state index in [4.69, 9.17) is 11.6 Å². The van der Waals surface area contributed by atoms with E-state index in [1.165, 1.54) is 32.1 Å². The maximum Gasteiger partial charge on any atom is 0.0847 e. The Morgan fingerprint density at radius 1 is 1.27 bits per heavy atom. The lowest BCUT2D eigenvalue weighted by molar-refractivity contribution is 0.211. The average Bonchev–Trinajstić information content (AvgIpc) is 2.95. The van der Waals surface area contributed by atoms with E-state index in [0.717, 1.165) is 23.1 Å². The molecule has 0 amide bonds. The molecule has 2 aromatic rings. The predicted molar refractivity (Wildman–Crippen MR) is 93.7 cm³/mol. The first kappa shape index (κ1) is 17.1. The highest BCUT2D eigenvalue weighted by Gasteiger charge is 2.05. The van der Waals surface area contributed by atoms with Crippen molar-refractivity contribution < 1.29 is 5.11 Å². The number of aliphatic hydroxyl groups excluding tert-OH is 1. The molecule has 0 radical (unpaired) electrons. The second-order valence-electron chi connectivity index (χ2n) is 5.74. The van der Waals surface area contributed by atoms with E-state index in [0.29, 0.717) is 6.54 Å². The Bertz CT molecular complexity index is 570. The third-order valence-corrected chi connectivity index (χ3v) is 4.19. The molecule has 5 heteroatoms. The van der Waals surface area contributed by atoms with Gasteiger partial charge in [0.2, 0.25) is 0 Å². The fraction of sp³-hybridized carbons (Fsp3) is 0.588. The highest BCUT2D eigenvalue weighted by Crippen LogP contribution is 2.20. The Balaban J connectivity index is 1.96. The maximum absolute atomic E-state index is 9.52. The van der Waals surface area contributed by atoms with Crippen molar-refractivity contribution >= 4 is 28.2 Å². The van der Waals surface area contributed by atoms with Crippen molar-refractivity contribution in [3.8, 4) is 0 Å². The molecule has 122 valence electrons. The Hall–Kier alpha value is -1.26. The fourth-order valence-corrected chi connectivity index (χ4v) is 2.62. The van der Waals surface area contributed by atoms with Gasteiger partial charge in [-0.15, -0.1) is 11.6 Å². The number of nitrogens with one attached hydrogen (secondary N) is 1. The minimum Gasteiger partial charge on any atom is -0.390 e. The second-order valence-corrected chi connectivity index (χ2v) is 6.05. The smallest absolute Gasteiger partial charge is 0.0847 e. The van der Waals surface area contributed by atoms with Crippen molar-refractivity contribution in [1.82, 2.24) is 9.78 Å². The number of anilines is 1. The lowest BCUT2D eigenvalue weighted by atomic mass is 10.1. The topological polar surface area (TPSA) is 50.1 Å². The summed E-state index contributed by atoms with van der Waals surface area (Å²) in [5.74, 6) is 0.241. The zero-order valence-electron chi connectivity index (χ0n) is 13.3. The van der Waals surface area contributed by atoms with Gasteiger partial charge in [-0.05, 0) is 24.6 Å². The first-order chi connectivity index (χ1) is 10.7. The van der Waals surface area contributed by atoms with Crippen LogP contribution >= 0.6 is 11.6 Å². The van der Waals surface area contributed by atoms with Crippen molar-refractivity contribution in [2.75, 3.05) is 17.7 Å². The molecule has 1 aromatic carbocycles. The molecule has 1 aromatic heterocycles.